The number of rotatable bonds is 11. The molecule has 0 spiro atoms. The summed E-state index contributed by atoms with van der Waals surface area (Å²) in [5, 5.41) is 19.2. The Morgan fingerprint density at radius 2 is 1.85 bits per heavy atom. The van der Waals surface area contributed by atoms with Crippen molar-refractivity contribution >= 4 is 6.29 Å². The molecule has 2 fully saturated rings. The van der Waals surface area contributed by atoms with E-state index in [4.69, 9.17) is 0 Å². The number of likely N-dealkylation sites (tertiary alicyclic amines) is 1. The topological polar surface area (TPSA) is 64.0 Å². The molecule has 152 valence electrons. The highest BCUT2D eigenvalue weighted by atomic mass is 16.3. The van der Waals surface area contributed by atoms with Crippen LogP contribution in [-0.2, 0) is 4.79 Å². The van der Waals surface area contributed by atoms with Crippen molar-refractivity contribution < 1.29 is 15.0 Å². The van der Waals surface area contributed by atoms with Gasteiger partial charge in [-0.15, -0.1) is 0 Å². The van der Waals surface area contributed by atoms with Crippen molar-refractivity contribution in [1.29, 1.82) is 0 Å². The summed E-state index contributed by atoms with van der Waals surface area (Å²) in [6.45, 7) is 5.16. The Morgan fingerprint density at radius 3 is 2.54 bits per heavy atom. The van der Waals surface area contributed by atoms with Crippen LogP contribution in [0.2, 0.25) is 0 Å². The van der Waals surface area contributed by atoms with Crippen molar-refractivity contribution in [3.63, 3.8) is 0 Å². The van der Waals surface area contributed by atoms with E-state index in [2.05, 4.69) is 9.80 Å². The third-order valence-corrected chi connectivity index (χ3v) is 6.40. The molecule has 2 rings (SSSR count). The lowest BCUT2D eigenvalue weighted by atomic mass is 9.93. The van der Waals surface area contributed by atoms with Gasteiger partial charge in [0.05, 0.1) is 18.8 Å². The number of aliphatic hydroxyl groups is 2. The minimum Gasteiger partial charge on any atom is -0.395 e. The Hall–Kier alpha value is -0.490. The van der Waals surface area contributed by atoms with Crippen LogP contribution in [0.4, 0.5) is 0 Å². The molecule has 0 aromatic heterocycles. The molecule has 5 heteroatoms. The second kappa shape index (κ2) is 12.1. The summed E-state index contributed by atoms with van der Waals surface area (Å²) >= 11 is 0. The quantitative estimate of drug-likeness (QED) is 0.433. The van der Waals surface area contributed by atoms with E-state index >= 15 is 0 Å². The third-order valence-electron chi connectivity index (χ3n) is 6.40. The van der Waals surface area contributed by atoms with Gasteiger partial charge in [-0.05, 0) is 58.5 Å². The predicted octanol–water partition coefficient (Wildman–Crippen LogP) is 2.59. The average molecular weight is 369 g/mol. The number of carbonyl (C=O) groups excluding carboxylic acids is 1. The standard InChI is InChI=1S/C21H40N2O3/c1-18(16-24)23(19-9-5-4-6-10-19)13-8-3-2-7-12-22-14-11-21(26)15-20(22)17-25/h16,18-21,25-26H,2-15,17H2,1H3. The molecule has 1 aliphatic carbocycles. The molecule has 2 N–H and O–H groups in total. The number of nitrogens with zero attached hydrogens (tertiary/aromatic N) is 2. The minimum absolute atomic E-state index is 0.0446. The summed E-state index contributed by atoms with van der Waals surface area (Å²) in [6, 6.07) is 0.784. The molecule has 3 unspecified atom stereocenters. The molecule has 1 heterocycles. The van der Waals surface area contributed by atoms with Crippen LogP contribution in [0.25, 0.3) is 0 Å². The van der Waals surface area contributed by atoms with Gasteiger partial charge in [0.1, 0.15) is 6.29 Å². The summed E-state index contributed by atoms with van der Waals surface area (Å²) in [4.78, 5) is 16.1. The normalized spacial score (nSPS) is 26.9. The van der Waals surface area contributed by atoms with Crippen LogP contribution in [0.5, 0.6) is 0 Å². The molecule has 0 aromatic carbocycles. The molecular weight excluding hydrogens is 328 g/mol. The zero-order valence-corrected chi connectivity index (χ0v) is 16.7. The summed E-state index contributed by atoms with van der Waals surface area (Å²) in [7, 11) is 0. The van der Waals surface area contributed by atoms with Crippen LogP contribution in [0.15, 0.2) is 0 Å². The first-order chi connectivity index (χ1) is 12.7. The van der Waals surface area contributed by atoms with Gasteiger partial charge in [-0.1, -0.05) is 32.1 Å². The van der Waals surface area contributed by atoms with Gasteiger partial charge in [-0.2, -0.15) is 0 Å². The van der Waals surface area contributed by atoms with E-state index in [1.54, 1.807) is 0 Å². The van der Waals surface area contributed by atoms with Crippen molar-refractivity contribution in [2.45, 2.75) is 102 Å². The van der Waals surface area contributed by atoms with E-state index in [0.29, 0.717) is 12.5 Å². The van der Waals surface area contributed by atoms with Gasteiger partial charge >= 0.3 is 0 Å². The zero-order valence-electron chi connectivity index (χ0n) is 16.7. The fourth-order valence-electron chi connectivity index (χ4n) is 4.74. The van der Waals surface area contributed by atoms with Crippen molar-refractivity contribution in [1.82, 2.24) is 9.80 Å². The first-order valence-corrected chi connectivity index (χ1v) is 10.9. The molecule has 5 nitrogen and oxygen atoms in total. The number of aldehydes is 1. The maximum Gasteiger partial charge on any atom is 0.136 e. The average Bonchev–Trinajstić information content (AvgIpc) is 2.68. The van der Waals surface area contributed by atoms with Crippen molar-refractivity contribution in [2.75, 3.05) is 26.2 Å². The van der Waals surface area contributed by atoms with E-state index in [0.717, 1.165) is 45.2 Å². The highest BCUT2D eigenvalue weighted by Crippen LogP contribution is 2.24. The molecule has 1 saturated heterocycles. The highest BCUT2D eigenvalue weighted by Gasteiger charge is 2.26. The fourth-order valence-corrected chi connectivity index (χ4v) is 4.74. The van der Waals surface area contributed by atoms with E-state index in [9.17, 15) is 15.0 Å². The second-order valence-corrected chi connectivity index (χ2v) is 8.37. The lowest BCUT2D eigenvalue weighted by Gasteiger charge is -2.37. The molecule has 0 bridgehead atoms. The molecule has 2 aliphatic rings. The Bertz CT molecular complexity index is 387. The minimum atomic E-state index is -0.242. The van der Waals surface area contributed by atoms with E-state index < -0.39 is 0 Å². The zero-order chi connectivity index (χ0) is 18.8. The first-order valence-electron chi connectivity index (χ1n) is 10.9. The van der Waals surface area contributed by atoms with Gasteiger partial charge in [0.2, 0.25) is 0 Å². The summed E-state index contributed by atoms with van der Waals surface area (Å²) in [5.74, 6) is 0. The summed E-state index contributed by atoms with van der Waals surface area (Å²) in [6.07, 6.45) is 13.6. The Labute approximate surface area is 159 Å². The fraction of sp³-hybridized carbons (Fsp3) is 0.952. The maximum atomic E-state index is 11.3. The number of aliphatic hydroxyl groups excluding tert-OH is 2. The van der Waals surface area contributed by atoms with Crippen molar-refractivity contribution in [3.8, 4) is 0 Å². The Morgan fingerprint density at radius 1 is 1.12 bits per heavy atom. The summed E-state index contributed by atoms with van der Waals surface area (Å²) < 4.78 is 0. The maximum absolute atomic E-state index is 11.3. The molecule has 0 radical (unpaired) electrons. The van der Waals surface area contributed by atoms with Crippen LogP contribution in [0, 0.1) is 0 Å². The highest BCUT2D eigenvalue weighted by molar-refractivity contribution is 5.56. The summed E-state index contributed by atoms with van der Waals surface area (Å²) in [5.41, 5.74) is 0. The monoisotopic (exact) mass is 368 g/mol. The predicted molar refractivity (Wildman–Crippen MR) is 105 cm³/mol. The molecule has 1 aliphatic heterocycles. The van der Waals surface area contributed by atoms with Gasteiger partial charge in [0.25, 0.3) is 0 Å². The van der Waals surface area contributed by atoms with E-state index in [-0.39, 0.29) is 24.8 Å². The van der Waals surface area contributed by atoms with Gasteiger partial charge in [-0.25, -0.2) is 0 Å². The van der Waals surface area contributed by atoms with Gasteiger partial charge in [-0.3, -0.25) is 9.80 Å². The number of carbonyl (C=O) groups is 1. The number of hydrogen-bond acceptors (Lipinski definition) is 5. The lowest BCUT2D eigenvalue weighted by molar-refractivity contribution is -0.113. The number of hydrogen-bond donors (Lipinski definition) is 2. The largest absolute Gasteiger partial charge is 0.395 e. The number of piperidine rings is 1. The molecule has 26 heavy (non-hydrogen) atoms. The molecule has 0 amide bonds. The molecular formula is C21H40N2O3. The van der Waals surface area contributed by atoms with Crippen LogP contribution < -0.4 is 0 Å². The number of unbranched alkanes of at least 4 members (excludes halogenated alkanes) is 3. The van der Waals surface area contributed by atoms with Crippen molar-refractivity contribution in [3.05, 3.63) is 0 Å². The SMILES string of the molecule is CC(C=O)N(CCCCCCN1CCC(O)CC1CO)C1CCCCC1. The molecule has 1 saturated carbocycles. The van der Waals surface area contributed by atoms with Gasteiger partial charge in [0.15, 0.2) is 0 Å². The van der Waals surface area contributed by atoms with Gasteiger partial charge in [0, 0.05) is 18.6 Å². The third kappa shape index (κ3) is 6.91. The van der Waals surface area contributed by atoms with E-state index in [1.165, 1.54) is 44.9 Å². The lowest BCUT2D eigenvalue weighted by Crippen LogP contribution is -2.46. The Balaban J connectivity index is 1.62. The molecule has 3 atom stereocenters. The van der Waals surface area contributed by atoms with Crippen LogP contribution in [0.1, 0.15) is 77.6 Å². The van der Waals surface area contributed by atoms with Crippen LogP contribution >= 0.6 is 0 Å². The van der Waals surface area contributed by atoms with Gasteiger partial charge < -0.3 is 15.0 Å². The van der Waals surface area contributed by atoms with Crippen LogP contribution in [0.3, 0.4) is 0 Å². The second-order valence-electron chi connectivity index (χ2n) is 8.37. The Kier molecular flexibility index (Phi) is 10.1. The smallest absolute Gasteiger partial charge is 0.136 e. The van der Waals surface area contributed by atoms with Crippen molar-refractivity contribution in [2.24, 2.45) is 0 Å². The van der Waals surface area contributed by atoms with Crippen LogP contribution in [-0.4, -0.2) is 76.8 Å². The first kappa shape index (κ1) is 21.8. The van der Waals surface area contributed by atoms with E-state index in [1.807, 2.05) is 6.92 Å². The molecule has 0 aromatic rings.